The molecule has 0 bridgehead atoms. The molecular formula is C21H19ClN4O3S2. The number of hydrogen-bond acceptors (Lipinski definition) is 7. The second-order valence-corrected chi connectivity index (χ2v) is 10.6. The van der Waals surface area contributed by atoms with Crippen LogP contribution in [0.5, 0.6) is 0 Å². The molecule has 0 aliphatic carbocycles. The Balaban J connectivity index is 1.58. The van der Waals surface area contributed by atoms with E-state index in [4.69, 9.17) is 16.3 Å². The number of benzene rings is 1. The van der Waals surface area contributed by atoms with E-state index in [0.29, 0.717) is 39.9 Å². The van der Waals surface area contributed by atoms with Gasteiger partial charge in [-0.2, -0.15) is 0 Å². The van der Waals surface area contributed by atoms with Crippen LogP contribution in [0.4, 0.5) is 0 Å². The fourth-order valence-electron chi connectivity index (χ4n) is 3.78. The summed E-state index contributed by atoms with van der Waals surface area (Å²) < 4.78 is 9.36. The third kappa shape index (κ3) is 3.49. The Hall–Kier alpha value is -2.20. The predicted molar refractivity (Wildman–Crippen MR) is 123 cm³/mol. The Morgan fingerprint density at radius 1 is 1.29 bits per heavy atom. The highest BCUT2D eigenvalue weighted by molar-refractivity contribution is 7.99. The molecule has 0 radical (unpaired) electrons. The van der Waals surface area contributed by atoms with Gasteiger partial charge in [-0.1, -0.05) is 23.4 Å². The number of ketones is 1. The van der Waals surface area contributed by atoms with Gasteiger partial charge >= 0.3 is 0 Å². The smallest absolute Gasteiger partial charge is 0.263 e. The molecule has 1 aliphatic heterocycles. The van der Waals surface area contributed by atoms with Gasteiger partial charge in [0.1, 0.15) is 4.83 Å². The lowest BCUT2D eigenvalue weighted by Crippen LogP contribution is -2.32. The molecule has 3 aromatic heterocycles. The molecule has 0 saturated heterocycles. The molecule has 10 heteroatoms. The van der Waals surface area contributed by atoms with E-state index < -0.39 is 0 Å². The zero-order valence-corrected chi connectivity index (χ0v) is 19.5. The fraction of sp³-hybridized carbons (Fsp3) is 0.333. The van der Waals surface area contributed by atoms with Crippen LogP contribution in [0.3, 0.4) is 0 Å². The first kappa shape index (κ1) is 20.7. The second-order valence-electron chi connectivity index (χ2n) is 8.11. The number of rotatable bonds is 4. The van der Waals surface area contributed by atoms with E-state index in [9.17, 15) is 9.59 Å². The van der Waals surface area contributed by atoms with Crippen molar-refractivity contribution in [3.63, 3.8) is 0 Å². The molecule has 1 aromatic carbocycles. The number of hydrogen-bond donors (Lipinski definition) is 0. The summed E-state index contributed by atoms with van der Waals surface area (Å²) >= 11 is 8.75. The van der Waals surface area contributed by atoms with Crippen LogP contribution in [0.1, 0.15) is 34.6 Å². The summed E-state index contributed by atoms with van der Waals surface area (Å²) in [6.07, 6.45) is 0.669. The molecule has 1 aliphatic rings. The monoisotopic (exact) mass is 474 g/mol. The van der Waals surface area contributed by atoms with E-state index >= 15 is 0 Å². The fourth-order valence-corrected chi connectivity index (χ4v) is 6.01. The van der Waals surface area contributed by atoms with Crippen molar-refractivity contribution in [2.75, 3.05) is 5.75 Å². The van der Waals surface area contributed by atoms with Gasteiger partial charge in [0.05, 0.1) is 23.3 Å². The molecule has 0 amide bonds. The zero-order valence-electron chi connectivity index (χ0n) is 17.1. The van der Waals surface area contributed by atoms with Crippen molar-refractivity contribution < 1.29 is 9.53 Å². The van der Waals surface area contributed by atoms with Crippen molar-refractivity contribution in [1.29, 1.82) is 0 Å². The van der Waals surface area contributed by atoms with Crippen LogP contribution in [-0.4, -0.2) is 36.3 Å². The Morgan fingerprint density at radius 2 is 2.03 bits per heavy atom. The SMILES string of the molecule is Cn1c(=O)c2c3c(sc2n2c(SCC(=O)c4ccc(Cl)cc4)nnc12)COC(C)(C)C3. The molecule has 0 saturated carbocycles. The summed E-state index contributed by atoms with van der Waals surface area (Å²) in [5, 5.41) is 10.4. The molecule has 0 fully saturated rings. The molecule has 5 rings (SSSR count). The van der Waals surface area contributed by atoms with Crippen molar-refractivity contribution >= 4 is 56.5 Å². The Morgan fingerprint density at radius 3 is 2.77 bits per heavy atom. The molecule has 4 heterocycles. The highest BCUT2D eigenvalue weighted by Gasteiger charge is 2.32. The first-order valence-electron chi connectivity index (χ1n) is 9.69. The molecule has 0 spiro atoms. The first-order chi connectivity index (χ1) is 14.7. The van der Waals surface area contributed by atoms with Crippen molar-refractivity contribution in [1.82, 2.24) is 19.2 Å². The van der Waals surface area contributed by atoms with Gasteiger partial charge in [-0.15, -0.1) is 21.5 Å². The van der Waals surface area contributed by atoms with E-state index in [0.717, 1.165) is 15.3 Å². The average molecular weight is 475 g/mol. The van der Waals surface area contributed by atoms with Gasteiger partial charge in [-0.05, 0) is 43.7 Å². The molecule has 0 unspecified atom stereocenters. The van der Waals surface area contributed by atoms with Crippen LogP contribution in [0, 0.1) is 0 Å². The van der Waals surface area contributed by atoms with E-state index in [-0.39, 0.29) is 22.7 Å². The van der Waals surface area contributed by atoms with Gasteiger partial charge in [0.15, 0.2) is 10.9 Å². The van der Waals surface area contributed by atoms with Crippen molar-refractivity contribution in [3.05, 3.63) is 55.6 Å². The first-order valence-corrected chi connectivity index (χ1v) is 11.9. The summed E-state index contributed by atoms with van der Waals surface area (Å²) in [5.41, 5.74) is 1.23. The van der Waals surface area contributed by atoms with Crippen molar-refractivity contribution in [2.24, 2.45) is 7.05 Å². The van der Waals surface area contributed by atoms with Crippen molar-refractivity contribution in [3.8, 4) is 0 Å². The molecule has 4 aromatic rings. The number of carbonyl (C=O) groups is 1. The number of ether oxygens (including phenoxy) is 1. The van der Waals surface area contributed by atoms with E-state index in [2.05, 4.69) is 10.2 Å². The zero-order chi connectivity index (χ0) is 21.9. The summed E-state index contributed by atoms with van der Waals surface area (Å²) in [4.78, 5) is 27.6. The quantitative estimate of drug-likeness (QED) is 0.327. The van der Waals surface area contributed by atoms with E-state index in [1.54, 1.807) is 31.3 Å². The van der Waals surface area contributed by atoms with Crippen LogP contribution in [-0.2, 0) is 24.8 Å². The second kappa shape index (κ2) is 7.44. The molecule has 0 atom stereocenters. The highest BCUT2D eigenvalue weighted by Crippen LogP contribution is 2.38. The largest absolute Gasteiger partial charge is 0.370 e. The number of fused-ring (bicyclic) bond motifs is 5. The average Bonchev–Trinajstić information content (AvgIpc) is 3.31. The lowest BCUT2D eigenvalue weighted by atomic mass is 9.94. The van der Waals surface area contributed by atoms with Gasteiger partial charge in [-0.25, -0.2) is 4.40 Å². The van der Waals surface area contributed by atoms with Gasteiger partial charge in [0, 0.05) is 28.9 Å². The third-order valence-electron chi connectivity index (χ3n) is 5.41. The molecule has 160 valence electrons. The van der Waals surface area contributed by atoms with Crippen molar-refractivity contribution in [2.45, 2.75) is 37.6 Å². The van der Waals surface area contributed by atoms with Gasteiger partial charge < -0.3 is 4.74 Å². The Labute approximate surface area is 191 Å². The van der Waals surface area contributed by atoms with Crippen LogP contribution >= 0.6 is 34.7 Å². The predicted octanol–water partition coefficient (Wildman–Crippen LogP) is 4.12. The molecular weight excluding hydrogens is 456 g/mol. The van der Waals surface area contributed by atoms with Gasteiger partial charge in [0.25, 0.3) is 5.56 Å². The maximum atomic E-state index is 13.2. The van der Waals surface area contributed by atoms with Crippen LogP contribution in [0.25, 0.3) is 16.0 Å². The topological polar surface area (TPSA) is 78.5 Å². The normalized spacial score (nSPS) is 15.5. The molecule has 31 heavy (non-hydrogen) atoms. The van der Waals surface area contributed by atoms with Crippen LogP contribution < -0.4 is 5.56 Å². The van der Waals surface area contributed by atoms with Gasteiger partial charge in [0.2, 0.25) is 5.78 Å². The van der Waals surface area contributed by atoms with Crippen LogP contribution in [0.15, 0.2) is 34.2 Å². The third-order valence-corrected chi connectivity index (χ3v) is 7.78. The summed E-state index contributed by atoms with van der Waals surface area (Å²) in [5.74, 6) is 0.631. The van der Waals surface area contributed by atoms with Crippen LogP contribution in [0.2, 0.25) is 5.02 Å². The number of halogens is 1. The molecule has 7 nitrogen and oxygen atoms in total. The maximum Gasteiger partial charge on any atom is 0.263 e. The standard InChI is InChI=1S/C21H19ClN4O3S2/c1-21(2)8-13-15(9-29-21)31-18-16(13)17(28)25(3)19-23-24-20(26(18)19)30-10-14(27)11-4-6-12(22)7-5-11/h4-7H,8-10H2,1-3H3. The molecule has 0 N–H and O–H groups in total. The number of aromatic nitrogens is 4. The van der Waals surface area contributed by atoms with E-state index in [1.165, 1.54) is 27.7 Å². The number of Topliss-reactive ketones (excluding diaryl/α,β-unsaturated/α-hetero) is 1. The number of thioether (sulfide) groups is 1. The minimum Gasteiger partial charge on any atom is -0.370 e. The van der Waals surface area contributed by atoms with E-state index in [1.807, 2.05) is 18.2 Å². The summed E-state index contributed by atoms with van der Waals surface area (Å²) in [6, 6.07) is 6.82. The highest BCUT2D eigenvalue weighted by atomic mass is 35.5. The number of carbonyl (C=O) groups excluding carboxylic acids is 1. The number of aryl methyl sites for hydroxylation is 1. The lowest BCUT2D eigenvalue weighted by Gasteiger charge is -2.29. The Bertz CT molecular complexity index is 1400. The lowest BCUT2D eigenvalue weighted by molar-refractivity contribution is -0.0379. The summed E-state index contributed by atoms with van der Waals surface area (Å²) in [7, 11) is 1.70. The number of nitrogens with zero attached hydrogens (tertiary/aromatic N) is 4. The Kier molecular flexibility index (Phi) is 4.97. The minimum atomic E-state index is -0.323. The summed E-state index contributed by atoms with van der Waals surface area (Å²) in [6.45, 7) is 4.54. The maximum absolute atomic E-state index is 13.2. The number of thiophene rings is 1. The minimum absolute atomic E-state index is 0.0277. The van der Waals surface area contributed by atoms with Gasteiger partial charge in [-0.3, -0.25) is 14.2 Å².